The number of unbranched alkanes of at least 4 members (excludes halogenated alkanes) is 45. The number of allylic oxidation sites excluding steroid dienone is 3. The summed E-state index contributed by atoms with van der Waals surface area (Å²) in [6, 6.07) is -0.847. The summed E-state index contributed by atoms with van der Waals surface area (Å²) in [7, 11) is 1.59. The first kappa shape index (κ1) is 72.0. The molecule has 0 aromatic rings. The number of amides is 1. The number of nitrogens with zero attached hydrogens (tertiary/aromatic N) is 1. The van der Waals surface area contributed by atoms with Gasteiger partial charge in [0.2, 0.25) is 5.91 Å². The van der Waals surface area contributed by atoms with Gasteiger partial charge in [0.1, 0.15) is 13.2 Å². The third kappa shape index (κ3) is 58.5. The van der Waals surface area contributed by atoms with E-state index in [2.05, 4.69) is 31.3 Å². The van der Waals surface area contributed by atoms with Gasteiger partial charge in [0.25, 0.3) is 0 Å². The van der Waals surface area contributed by atoms with E-state index in [0.717, 1.165) is 32.1 Å². The van der Waals surface area contributed by atoms with Crippen molar-refractivity contribution in [3.8, 4) is 0 Å². The van der Waals surface area contributed by atoms with Gasteiger partial charge >= 0.3 is 7.82 Å². The molecule has 8 nitrogen and oxygen atoms in total. The Labute approximate surface area is 455 Å². The Morgan fingerprint density at radius 2 is 0.740 bits per heavy atom. The number of rotatable bonds is 60. The number of aliphatic hydroxyl groups excluding tert-OH is 1. The summed E-state index contributed by atoms with van der Waals surface area (Å²) in [6.45, 7) is 4.87. The lowest BCUT2D eigenvalue weighted by Gasteiger charge is -2.25. The molecule has 0 saturated heterocycles. The zero-order valence-electron chi connectivity index (χ0n) is 49.7. The number of carbonyl (C=O) groups is 1. The van der Waals surface area contributed by atoms with Gasteiger partial charge < -0.3 is 19.8 Å². The molecule has 3 atom stereocenters. The fourth-order valence-corrected chi connectivity index (χ4v) is 10.6. The molecule has 0 aromatic heterocycles. The minimum atomic E-state index is -4.35. The molecule has 434 valence electrons. The molecule has 0 rings (SSSR count). The molecule has 1 amide bonds. The summed E-state index contributed by atoms with van der Waals surface area (Å²) in [6.07, 6.45) is 71.6. The predicted octanol–water partition coefficient (Wildman–Crippen LogP) is 19.9. The van der Waals surface area contributed by atoms with Gasteiger partial charge in [0, 0.05) is 6.42 Å². The van der Waals surface area contributed by atoms with Crippen molar-refractivity contribution >= 4 is 13.7 Å². The van der Waals surface area contributed by atoms with Gasteiger partial charge in [-0.1, -0.05) is 301 Å². The Kier molecular flexibility index (Phi) is 54.9. The van der Waals surface area contributed by atoms with Crippen LogP contribution in [0.1, 0.15) is 328 Å². The molecule has 73 heavy (non-hydrogen) atoms. The molecule has 0 aliphatic carbocycles. The molecular weight excluding hydrogens is 924 g/mol. The van der Waals surface area contributed by atoms with Crippen molar-refractivity contribution in [3.05, 3.63) is 24.3 Å². The molecule has 0 heterocycles. The molecule has 0 aromatic carbocycles. The van der Waals surface area contributed by atoms with Gasteiger partial charge in [0.05, 0.1) is 39.9 Å². The minimum absolute atomic E-state index is 0.0630. The van der Waals surface area contributed by atoms with Gasteiger partial charge in [-0.25, -0.2) is 4.57 Å². The minimum Gasteiger partial charge on any atom is -0.387 e. The van der Waals surface area contributed by atoms with Gasteiger partial charge in [0.15, 0.2) is 0 Å². The molecule has 0 spiro atoms. The second kappa shape index (κ2) is 55.7. The lowest BCUT2D eigenvalue weighted by molar-refractivity contribution is -0.870. The summed E-state index contributed by atoms with van der Waals surface area (Å²) >= 11 is 0. The third-order valence-electron chi connectivity index (χ3n) is 14.9. The van der Waals surface area contributed by atoms with Crippen LogP contribution in [0.2, 0.25) is 0 Å². The largest absolute Gasteiger partial charge is 0.472 e. The summed E-state index contributed by atoms with van der Waals surface area (Å²) < 4.78 is 23.8. The van der Waals surface area contributed by atoms with Crippen LogP contribution in [0.3, 0.4) is 0 Å². The van der Waals surface area contributed by atoms with Crippen molar-refractivity contribution in [1.82, 2.24) is 5.32 Å². The van der Waals surface area contributed by atoms with Crippen molar-refractivity contribution in [2.45, 2.75) is 341 Å². The normalized spacial score (nSPS) is 13.9. The highest BCUT2D eigenvalue weighted by atomic mass is 31.2. The predicted molar refractivity (Wildman–Crippen MR) is 318 cm³/mol. The Morgan fingerprint density at radius 1 is 0.452 bits per heavy atom. The molecule has 0 fully saturated rings. The Morgan fingerprint density at radius 3 is 1.05 bits per heavy atom. The van der Waals surface area contributed by atoms with Crippen LogP contribution >= 0.6 is 7.82 Å². The monoisotopic (exact) mass is 1050 g/mol. The Hall–Kier alpha value is -1.02. The molecule has 3 N–H and O–H groups in total. The first-order valence-corrected chi connectivity index (χ1v) is 33.7. The van der Waals surface area contributed by atoms with E-state index >= 15 is 0 Å². The van der Waals surface area contributed by atoms with Crippen molar-refractivity contribution < 1.29 is 32.9 Å². The first-order valence-electron chi connectivity index (χ1n) is 32.2. The maximum absolute atomic E-state index is 13.0. The van der Waals surface area contributed by atoms with Crippen LogP contribution in [0.15, 0.2) is 24.3 Å². The van der Waals surface area contributed by atoms with E-state index in [9.17, 15) is 19.4 Å². The second-order valence-corrected chi connectivity index (χ2v) is 24.9. The molecule has 9 heteroatoms. The Bertz CT molecular complexity index is 1240. The molecule has 0 saturated carbocycles. The molecular formula is C64H128N2O6P+. The summed E-state index contributed by atoms with van der Waals surface area (Å²) in [5.74, 6) is -0.174. The van der Waals surface area contributed by atoms with Gasteiger partial charge in [-0.15, -0.1) is 0 Å². The number of phosphoric acid groups is 1. The maximum atomic E-state index is 13.0. The standard InChI is InChI=1S/C64H127N2O6P/c1-6-8-10-12-14-16-18-20-22-24-26-28-29-30-31-32-33-34-35-36-38-39-41-43-45-47-49-51-53-55-57-63(67)62(61-72-73(69,70)71-60-59-66(3,4)5)65-64(68)58-56-54-52-50-48-46-44-42-40-37-27-25-23-21-19-17-15-13-11-9-7-2/h25,27,55,57,62-63,67H,6-24,26,28-54,56,58-61H2,1-5H3,(H-,65,68,69,70)/p+1/b27-25-,57-55+. The number of hydrogen-bond donors (Lipinski definition) is 3. The topological polar surface area (TPSA) is 105 Å². The summed E-state index contributed by atoms with van der Waals surface area (Å²) in [4.78, 5) is 23.4. The first-order chi connectivity index (χ1) is 35.5. The van der Waals surface area contributed by atoms with Gasteiger partial charge in [-0.3, -0.25) is 13.8 Å². The lowest BCUT2D eigenvalue weighted by Crippen LogP contribution is -2.45. The van der Waals surface area contributed by atoms with E-state index in [1.54, 1.807) is 6.08 Å². The van der Waals surface area contributed by atoms with E-state index in [4.69, 9.17) is 9.05 Å². The van der Waals surface area contributed by atoms with Crippen LogP contribution in [0.4, 0.5) is 0 Å². The van der Waals surface area contributed by atoms with Crippen LogP contribution < -0.4 is 5.32 Å². The van der Waals surface area contributed by atoms with Crippen molar-refractivity contribution in [3.63, 3.8) is 0 Å². The number of aliphatic hydroxyl groups is 1. The van der Waals surface area contributed by atoms with E-state index in [-0.39, 0.29) is 19.1 Å². The number of nitrogens with one attached hydrogen (secondary N) is 1. The number of quaternary nitrogens is 1. The average molecular weight is 1050 g/mol. The quantitative estimate of drug-likeness (QED) is 0.0243. The fourth-order valence-electron chi connectivity index (χ4n) is 9.86. The maximum Gasteiger partial charge on any atom is 0.472 e. The zero-order chi connectivity index (χ0) is 53.5. The molecule has 3 unspecified atom stereocenters. The van der Waals surface area contributed by atoms with Crippen LogP contribution in [-0.2, 0) is 18.4 Å². The smallest absolute Gasteiger partial charge is 0.387 e. The molecule has 0 aliphatic rings. The summed E-state index contributed by atoms with van der Waals surface area (Å²) in [5, 5.41) is 14.0. The van der Waals surface area contributed by atoms with Crippen LogP contribution in [0.25, 0.3) is 0 Å². The van der Waals surface area contributed by atoms with Crippen molar-refractivity contribution in [2.24, 2.45) is 0 Å². The highest BCUT2D eigenvalue weighted by molar-refractivity contribution is 7.47. The van der Waals surface area contributed by atoms with E-state index < -0.39 is 20.0 Å². The second-order valence-electron chi connectivity index (χ2n) is 23.5. The number of phosphoric ester groups is 1. The highest BCUT2D eigenvalue weighted by Crippen LogP contribution is 2.43. The SMILES string of the molecule is CCCCCCCCCC/C=C\CCCCCCCCCCCC(=O)NC(COP(=O)(O)OCC[N+](C)(C)C)C(O)/C=C/CCCCCCCCCCCCCCCCCCCCCCCCCCCCCC. The van der Waals surface area contributed by atoms with Crippen molar-refractivity contribution in [2.75, 3.05) is 40.9 Å². The number of carbonyl (C=O) groups excluding carboxylic acids is 1. The highest BCUT2D eigenvalue weighted by Gasteiger charge is 2.28. The average Bonchev–Trinajstić information content (AvgIpc) is 3.35. The van der Waals surface area contributed by atoms with E-state index in [0.29, 0.717) is 17.4 Å². The van der Waals surface area contributed by atoms with Gasteiger partial charge in [-0.2, -0.15) is 0 Å². The van der Waals surface area contributed by atoms with E-state index in [1.165, 1.54) is 276 Å². The van der Waals surface area contributed by atoms with Crippen LogP contribution in [-0.4, -0.2) is 73.4 Å². The number of likely N-dealkylation sites (N-methyl/N-ethyl adjacent to an activating group) is 1. The fraction of sp³-hybridized carbons (Fsp3) is 0.922. The van der Waals surface area contributed by atoms with Crippen LogP contribution in [0.5, 0.6) is 0 Å². The van der Waals surface area contributed by atoms with E-state index in [1.807, 2.05) is 27.2 Å². The summed E-state index contributed by atoms with van der Waals surface area (Å²) in [5.41, 5.74) is 0. The molecule has 0 radical (unpaired) electrons. The molecule has 0 aliphatic heterocycles. The molecule has 0 bridgehead atoms. The number of hydrogen-bond acceptors (Lipinski definition) is 5. The lowest BCUT2D eigenvalue weighted by atomic mass is 10.0. The van der Waals surface area contributed by atoms with Gasteiger partial charge in [-0.05, 0) is 44.9 Å². The Balaban J connectivity index is 4.09. The zero-order valence-corrected chi connectivity index (χ0v) is 50.5. The van der Waals surface area contributed by atoms with Crippen molar-refractivity contribution in [1.29, 1.82) is 0 Å². The van der Waals surface area contributed by atoms with Crippen LogP contribution in [0, 0.1) is 0 Å². The third-order valence-corrected chi connectivity index (χ3v) is 15.9.